The molecule has 0 N–H and O–H groups in total. The van der Waals surface area contributed by atoms with Crippen molar-refractivity contribution in [3.05, 3.63) is 70.1 Å². The first-order valence-corrected chi connectivity index (χ1v) is 11.1. The zero-order valence-electron chi connectivity index (χ0n) is 18.7. The zero-order valence-corrected chi connectivity index (χ0v) is 31.5. The Morgan fingerprint density at radius 3 is 2.19 bits per heavy atom. The van der Waals surface area contributed by atoms with Gasteiger partial charge in [-0.15, -0.1) is 0 Å². The van der Waals surface area contributed by atoms with E-state index in [0.29, 0.717) is 22.1 Å². The minimum Gasteiger partial charge on any atom is -1.00 e. The van der Waals surface area contributed by atoms with Crippen LogP contribution in [0.5, 0.6) is 5.75 Å². The van der Waals surface area contributed by atoms with E-state index in [9.17, 15) is 19.8 Å². The van der Waals surface area contributed by atoms with Crippen LogP contribution in [0.3, 0.4) is 0 Å². The van der Waals surface area contributed by atoms with Gasteiger partial charge in [0.1, 0.15) is 10.1 Å². The Hall–Kier alpha value is 1.89. The molecule has 0 spiro atoms. The molecular weight excluding hydrogens is 823 g/mol. The summed E-state index contributed by atoms with van der Waals surface area (Å²) >= 11 is 13.0. The standard InChI is InChI=1S/C20H8Br4O5.Ba.2Na.2H/c21-11-5-9-13(7-3-1-2-4-8(7)20(27)28)10-6-12(22)17(26)15(24)19(10)29-18(9)14(23)16(11)25;;;;;/h1-6,25H,(H,27,28);;;;;/q;+2;2*+1;2*-1/p-2. The minimum absolute atomic E-state index is 0. The summed E-state index contributed by atoms with van der Waals surface area (Å²) in [4.78, 5) is 24.2. The van der Waals surface area contributed by atoms with Crippen LogP contribution < -0.4 is 74.8 Å². The van der Waals surface area contributed by atoms with Crippen LogP contribution in [0.2, 0.25) is 0 Å². The first kappa shape index (κ1) is 31.9. The van der Waals surface area contributed by atoms with E-state index >= 15 is 0 Å². The smallest absolute Gasteiger partial charge is 1.00 e. The van der Waals surface area contributed by atoms with Gasteiger partial charge in [0.2, 0.25) is 5.43 Å². The van der Waals surface area contributed by atoms with Crippen LogP contribution in [0.4, 0.5) is 0 Å². The summed E-state index contributed by atoms with van der Waals surface area (Å²) in [6.07, 6.45) is 0. The van der Waals surface area contributed by atoms with Crippen molar-refractivity contribution in [3.8, 4) is 28.2 Å². The predicted molar refractivity (Wildman–Crippen MR) is 127 cm³/mol. The molecule has 0 fully saturated rings. The molecule has 5 nitrogen and oxygen atoms in total. The van der Waals surface area contributed by atoms with Crippen LogP contribution in [0.1, 0.15) is 13.2 Å². The second-order valence-electron chi connectivity index (χ2n) is 6.07. The van der Waals surface area contributed by atoms with Crippen LogP contribution in [-0.2, 0) is 0 Å². The molecule has 1 aliphatic heterocycles. The Morgan fingerprint density at radius 2 is 1.56 bits per heavy atom. The van der Waals surface area contributed by atoms with E-state index in [4.69, 9.17) is 4.42 Å². The van der Waals surface area contributed by atoms with Gasteiger partial charge in [-0.25, -0.2) is 0 Å². The molecule has 1 aliphatic carbocycles. The van der Waals surface area contributed by atoms with E-state index < -0.39 is 5.97 Å². The summed E-state index contributed by atoms with van der Waals surface area (Å²) in [7, 11) is 0. The third-order valence-electron chi connectivity index (χ3n) is 4.42. The molecule has 0 unspecified atom stereocenters. The number of aromatic carboxylic acids is 1. The Kier molecular flexibility index (Phi) is 12.9. The van der Waals surface area contributed by atoms with E-state index in [2.05, 4.69) is 63.7 Å². The monoisotopic (exact) mass is 828 g/mol. The van der Waals surface area contributed by atoms with Gasteiger partial charge in [0.25, 0.3) is 0 Å². The van der Waals surface area contributed by atoms with E-state index in [-0.39, 0.29) is 157 Å². The molecule has 0 radical (unpaired) electrons. The van der Waals surface area contributed by atoms with Crippen LogP contribution >= 0.6 is 63.7 Å². The van der Waals surface area contributed by atoms with Crippen molar-refractivity contribution in [2.75, 3.05) is 0 Å². The second kappa shape index (κ2) is 12.9. The van der Waals surface area contributed by atoms with Crippen molar-refractivity contribution in [1.82, 2.24) is 0 Å². The SMILES string of the molecule is O=C([O-])c1ccccc1-c1c2cc(Br)c(=O)c(Br)c-2oc2c(Br)c([O-])c(Br)cc12.[Ba+2].[H-].[H-].[Na+].[Na+]. The van der Waals surface area contributed by atoms with E-state index in [1.807, 2.05) is 0 Å². The number of benzene rings is 3. The number of fused-ring (bicyclic) bond motifs is 2. The normalized spacial score (nSPS) is 10.2. The average molecular weight is 831 g/mol. The van der Waals surface area contributed by atoms with Crippen molar-refractivity contribution in [2.24, 2.45) is 0 Å². The fourth-order valence-corrected chi connectivity index (χ4v) is 5.56. The van der Waals surface area contributed by atoms with Crippen molar-refractivity contribution in [3.63, 3.8) is 0 Å². The maximum atomic E-state index is 12.4. The van der Waals surface area contributed by atoms with Gasteiger partial charge in [-0.05, 0) is 65.5 Å². The second-order valence-corrected chi connectivity index (χ2v) is 9.36. The summed E-state index contributed by atoms with van der Waals surface area (Å²) in [5, 5.41) is 24.7. The van der Waals surface area contributed by atoms with Gasteiger partial charge in [-0.2, -0.15) is 0 Å². The number of carbonyl (C=O) groups excluding carboxylic acids is 1. The molecule has 0 aromatic heterocycles. The maximum Gasteiger partial charge on any atom is 2.00 e. The molecule has 32 heavy (non-hydrogen) atoms. The predicted octanol–water partition coefficient (Wildman–Crippen LogP) is -1.10. The Morgan fingerprint density at radius 1 is 0.938 bits per heavy atom. The molecule has 4 rings (SSSR count). The van der Waals surface area contributed by atoms with Gasteiger partial charge >= 0.3 is 108 Å². The van der Waals surface area contributed by atoms with Crippen molar-refractivity contribution in [2.45, 2.75) is 0 Å². The number of carboxylic acids is 1. The number of carboxylic acid groups (broad SMARTS) is 1. The van der Waals surface area contributed by atoms with Crippen molar-refractivity contribution < 1.29 is 81.4 Å². The summed E-state index contributed by atoms with van der Waals surface area (Å²) in [6, 6.07) is 9.50. The van der Waals surface area contributed by atoms with Gasteiger partial charge in [-0.3, -0.25) is 4.79 Å². The fraction of sp³-hybridized carbons (Fsp3) is 0. The molecule has 0 atom stereocenters. The Labute approximate surface area is 303 Å². The summed E-state index contributed by atoms with van der Waals surface area (Å²) in [5.41, 5.74) is 1.17. The molecule has 0 bridgehead atoms. The van der Waals surface area contributed by atoms with Gasteiger partial charge in [0, 0.05) is 26.5 Å². The summed E-state index contributed by atoms with van der Waals surface area (Å²) < 4.78 is 6.80. The largest absolute Gasteiger partial charge is 2.00 e. The van der Waals surface area contributed by atoms with Gasteiger partial charge < -0.3 is 22.3 Å². The molecule has 0 saturated heterocycles. The van der Waals surface area contributed by atoms with Gasteiger partial charge in [0.05, 0.1) is 14.9 Å². The first-order chi connectivity index (χ1) is 13.7. The molecule has 1 heterocycles. The average Bonchev–Trinajstić information content (AvgIpc) is 2.69. The van der Waals surface area contributed by atoms with Gasteiger partial charge in [-0.1, -0.05) is 45.9 Å². The molecule has 0 amide bonds. The zero-order chi connectivity index (χ0) is 21.0. The van der Waals surface area contributed by atoms with E-state index in [1.54, 1.807) is 30.3 Å². The Balaban J connectivity index is 0. The Bertz CT molecular complexity index is 1390. The number of halogens is 4. The fourth-order valence-electron chi connectivity index (χ4n) is 3.16. The third kappa shape index (κ3) is 5.73. The van der Waals surface area contributed by atoms with Crippen LogP contribution in [0.15, 0.2) is 63.5 Å². The van der Waals surface area contributed by atoms with E-state index in [0.717, 1.165) is 0 Å². The van der Waals surface area contributed by atoms with Crippen molar-refractivity contribution in [1.29, 1.82) is 0 Å². The van der Waals surface area contributed by atoms with Crippen LogP contribution in [0, 0.1) is 0 Å². The number of rotatable bonds is 2. The first-order valence-electron chi connectivity index (χ1n) is 7.96. The van der Waals surface area contributed by atoms with Crippen LogP contribution in [-0.4, -0.2) is 54.9 Å². The third-order valence-corrected chi connectivity index (χ3v) is 7.04. The molecule has 150 valence electrons. The number of hydrogen-bond acceptors (Lipinski definition) is 5. The summed E-state index contributed by atoms with van der Waals surface area (Å²) in [6.45, 7) is 0. The molecule has 2 aromatic rings. The van der Waals surface area contributed by atoms with Crippen LogP contribution in [0.25, 0.3) is 33.4 Å². The molecule has 0 saturated carbocycles. The summed E-state index contributed by atoms with van der Waals surface area (Å²) in [5.74, 6) is -1.49. The quantitative estimate of drug-likeness (QED) is 0.189. The number of carbonyl (C=O) groups is 1. The molecule has 2 aliphatic rings. The molecule has 12 heteroatoms. The van der Waals surface area contributed by atoms with E-state index in [1.165, 1.54) is 6.07 Å². The molecule has 2 aromatic carbocycles. The minimum atomic E-state index is -1.35. The van der Waals surface area contributed by atoms with Gasteiger partial charge in [0.15, 0.2) is 5.76 Å². The number of hydrogen-bond donors (Lipinski definition) is 0. The maximum absolute atomic E-state index is 12.4. The topological polar surface area (TPSA) is 93.4 Å². The van der Waals surface area contributed by atoms with Crippen molar-refractivity contribution >= 4 is 130 Å². The molecular formula is C20H8BaBr4Na2O5.